The molecule has 6 nitrogen and oxygen atoms in total. The molecule has 1 unspecified atom stereocenters. The van der Waals surface area contributed by atoms with Crippen LogP contribution in [0.2, 0.25) is 0 Å². The van der Waals surface area contributed by atoms with E-state index in [9.17, 15) is 9.59 Å². The fraction of sp³-hybridized carbons (Fsp3) is 0.333. The largest absolute Gasteiger partial charge is 0.489 e. The quantitative estimate of drug-likeness (QED) is 0.515. The van der Waals surface area contributed by atoms with E-state index in [1.807, 2.05) is 24.3 Å². The fourth-order valence-electron chi connectivity index (χ4n) is 2.67. The average molecular weight is 406 g/mol. The Hall–Kier alpha value is -3.46. The summed E-state index contributed by atoms with van der Waals surface area (Å²) >= 11 is 0. The second-order valence-electron chi connectivity index (χ2n) is 8.05. The van der Waals surface area contributed by atoms with E-state index in [0.717, 1.165) is 11.3 Å². The van der Waals surface area contributed by atoms with Gasteiger partial charge in [0, 0.05) is 5.71 Å². The number of hydrogen-bond acceptors (Lipinski definition) is 6. The maximum absolute atomic E-state index is 12.1. The van der Waals surface area contributed by atoms with E-state index in [0.29, 0.717) is 12.2 Å². The lowest BCUT2D eigenvalue weighted by molar-refractivity contribution is -0.122. The van der Waals surface area contributed by atoms with Crippen molar-refractivity contribution in [3.63, 3.8) is 0 Å². The zero-order valence-corrected chi connectivity index (χ0v) is 17.7. The first-order valence-electron chi connectivity index (χ1n) is 9.58. The van der Waals surface area contributed by atoms with Gasteiger partial charge in [0.15, 0.2) is 12.4 Å². The molecular weight excluding hydrogens is 380 g/mol. The van der Waals surface area contributed by atoms with Crippen molar-refractivity contribution in [2.24, 2.45) is 5.92 Å². The lowest BCUT2D eigenvalue weighted by Crippen LogP contribution is -2.25. The molecule has 0 saturated heterocycles. The normalized spacial score (nSPS) is 11.8. The van der Waals surface area contributed by atoms with Crippen molar-refractivity contribution in [1.82, 2.24) is 0 Å². The van der Waals surface area contributed by atoms with E-state index in [4.69, 9.17) is 20.1 Å². The third-order valence-corrected chi connectivity index (χ3v) is 4.55. The number of hydrogen-bond donors (Lipinski definition) is 1. The van der Waals surface area contributed by atoms with Crippen molar-refractivity contribution in [3.05, 3.63) is 65.2 Å². The first-order chi connectivity index (χ1) is 14.1. The van der Waals surface area contributed by atoms with E-state index >= 15 is 0 Å². The highest BCUT2D eigenvalue weighted by Gasteiger charge is 2.21. The number of nitrogens with one attached hydrogen (secondary N) is 1. The Morgan fingerprint density at radius 1 is 1.07 bits per heavy atom. The summed E-state index contributed by atoms with van der Waals surface area (Å²) in [4.78, 5) is 23.9. The van der Waals surface area contributed by atoms with Gasteiger partial charge in [0.05, 0.1) is 11.6 Å². The van der Waals surface area contributed by atoms with Crippen LogP contribution < -0.4 is 4.74 Å². The molecule has 0 saturated carbocycles. The molecular formula is C24H26N2O4. The molecule has 1 atom stereocenters. The number of ketones is 1. The molecule has 0 aliphatic carbocycles. The van der Waals surface area contributed by atoms with Crippen molar-refractivity contribution >= 4 is 17.5 Å². The van der Waals surface area contributed by atoms with Gasteiger partial charge in [-0.2, -0.15) is 5.26 Å². The highest BCUT2D eigenvalue weighted by molar-refractivity contribution is 6.06. The first-order valence-corrected chi connectivity index (χ1v) is 9.58. The molecule has 2 rings (SSSR count). The molecule has 6 heteroatoms. The molecule has 1 N–H and O–H groups in total. The summed E-state index contributed by atoms with van der Waals surface area (Å²) in [6.07, 6.45) is 0. The molecule has 0 heterocycles. The monoisotopic (exact) mass is 406 g/mol. The van der Waals surface area contributed by atoms with Crippen LogP contribution >= 0.6 is 0 Å². The number of nitrogens with zero attached hydrogens (tertiary/aromatic N) is 1. The van der Waals surface area contributed by atoms with E-state index in [-0.39, 0.29) is 11.1 Å². The summed E-state index contributed by atoms with van der Waals surface area (Å²) in [5, 5.41) is 16.3. The number of ether oxygens (including phenoxy) is 2. The molecule has 2 aromatic carbocycles. The number of carbonyl (C=O) groups excluding carboxylic acids is 2. The molecule has 156 valence electrons. The van der Waals surface area contributed by atoms with Crippen LogP contribution in [-0.4, -0.2) is 24.1 Å². The predicted molar refractivity (Wildman–Crippen MR) is 114 cm³/mol. The van der Waals surface area contributed by atoms with Crippen molar-refractivity contribution in [3.8, 4) is 11.8 Å². The summed E-state index contributed by atoms with van der Waals surface area (Å²) in [5.74, 6) is -1.69. The van der Waals surface area contributed by atoms with Crippen LogP contribution in [0.15, 0.2) is 48.5 Å². The van der Waals surface area contributed by atoms with Gasteiger partial charge in [-0.1, -0.05) is 45.0 Å². The highest BCUT2D eigenvalue weighted by Crippen LogP contribution is 2.24. The molecule has 0 aliphatic rings. The Balaban J connectivity index is 1.88. The van der Waals surface area contributed by atoms with Crippen molar-refractivity contribution < 1.29 is 19.1 Å². The van der Waals surface area contributed by atoms with E-state index in [1.54, 1.807) is 30.3 Å². The van der Waals surface area contributed by atoms with E-state index < -0.39 is 24.3 Å². The van der Waals surface area contributed by atoms with Crippen molar-refractivity contribution in [2.75, 3.05) is 6.61 Å². The molecule has 0 spiro atoms. The number of rotatable bonds is 8. The zero-order valence-electron chi connectivity index (χ0n) is 17.7. The van der Waals surface area contributed by atoms with Crippen LogP contribution in [-0.2, 0) is 21.6 Å². The molecule has 0 aliphatic heterocycles. The number of benzene rings is 2. The van der Waals surface area contributed by atoms with Crippen LogP contribution in [0.4, 0.5) is 0 Å². The Morgan fingerprint density at radius 3 is 2.17 bits per heavy atom. The summed E-state index contributed by atoms with van der Waals surface area (Å²) < 4.78 is 10.8. The Labute approximate surface area is 176 Å². The highest BCUT2D eigenvalue weighted by atomic mass is 16.5. The summed E-state index contributed by atoms with van der Waals surface area (Å²) in [6, 6.07) is 16.4. The average Bonchev–Trinajstić information content (AvgIpc) is 2.70. The smallest absolute Gasteiger partial charge is 0.338 e. The van der Waals surface area contributed by atoms with Gasteiger partial charge >= 0.3 is 5.97 Å². The first kappa shape index (κ1) is 22.8. The second-order valence-corrected chi connectivity index (χ2v) is 8.05. The van der Waals surface area contributed by atoms with E-state index in [2.05, 4.69) is 20.8 Å². The van der Waals surface area contributed by atoms with Crippen molar-refractivity contribution in [2.45, 2.75) is 39.7 Å². The minimum Gasteiger partial charge on any atom is -0.489 e. The van der Waals surface area contributed by atoms with Crippen molar-refractivity contribution in [1.29, 1.82) is 10.7 Å². The number of Topliss-reactive ketones (excluding diaryl/α,β-unsaturated/α-hetero) is 1. The lowest BCUT2D eigenvalue weighted by Gasteiger charge is -2.19. The molecule has 2 aromatic rings. The number of carbonyl (C=O) groups is 2. The third-order valence-electron chi connectivity index (χ3n) is 4.55. The molecule has 0 aromatic heterocycles. The minimum atomic E-state index is -1.19. The Bertz CT molecular complexity index is 949. The van der Waals surface area contributed by atoms with Crippen LogP contribution in [0.1, 0.15) is 49.2 Å². The van der Waals surface area contributed by atoms with Gasteiger partial charge in [-0.05, 0) is 47.7 Å². The molecule has 0 radical (unpaired) electrons. The summed E-state index contributed by atoms with van der Waals surface area (Å²) in [6.45, 7) is 7.65. The predicted octanol–water partition coefficient (Wildman–Crippen LogP) is 4.47. The Kier molecular flexibility index (Phi) is 7.48. The van der Waals surface area contributed by atoms with E-state index in [1.165, 1.54) is 12.5 Å². The van der Waals surface area contributed by atoms with Gasteiger partial charge in [0.1, 0.15) is 18.3 Å². The van der Waals surface area contributed by atoms with Crippen LogP contribution in [0.5, 0.6) is 5.75 Å². The SMILES string of the molecule is CC(=N)C(C#N)C(=O)COC(=O)c1ccc(COc2ccc(C(C)(C)C)cc2)cc1. The maximum Gasteiger partial charge on any atom is 0.338 e. The van der Waals surface area contributed by atoms with Gasteiger partial charge in [-0.15, -0.1) is 0 Å². The minimum absolute atomic E-state index is 0.0732. The van der Waals surface area contributed by atoms with Crippen LogP contribution in [0, 0.1) is 22.7 Å². The van der Waals surface area contributed by atoms with Gasteiger partial charge in [-0.3, -0.25) is 4.79 Å². The maximum atomic E-state index is 12.1. The van der Waals surface area contributed by atoms with Crippen LogP contribution in [0.25, 0.3) is 0 Å². The molecule has 0 bridgehead atoms. The second kappa shape index (κ2) is 9.84. The zero-order chi connectivity index (χ0) is 22.3. The lowest BCUT2D eigenvalue weighted by atomic mass is 9.87. The molecule has 0 fully saturated rings. The van der Waals surface area contributed by atoms with Gasteiger partial charge in [-0.25, -0.2) is 4.79 Å². The topological polar surface area (TPSA) is 100 Å². The van der Waals surface area contributed by atoms with Crippen LogP contribution in [0.3, 0.4) is 0 Å². The molecule has 30 heavy (non-hydrogen) atoms. The van der Waals surface area contributed by atoms with Gasteiger partial charge in [0.25, 0.3) is 0 Å². The molecule has 0 amide bonds. The van der Waals surface area contributed by atoms with Gasteiger partial charge in [0.2, 0.25) is 0 Å². The number of esters is 1. The summed E-state index contributed by atoms with van der Waals surface area (Å²) in [5.41, 5.74) is 2.41. The van der Waals surface area contributed by atoms with Gasteiger partial charge < -0.3 is 14.9 Å². The fourth-order valence-corrected chi connectivity index (χ4v) is 2.67. The Morgan fingerprint density at radius 2 is 1.67 bits per heavy atom. The standard InChI is InChI=1S/C24H26N2O4/c1-16(26)21(13-25)22(27)15-30-23(28)18-7-5-17(6-8-18)14-29-20-11-9-19(10-12-20)24(2,3)4/h5-12,21,26H,14-15H2,1-4H3. The number of nitriles is 1. The third kappa shape index (κ3) is 6.28. The summed E-state index contributed by atoms with van der Waals surface area (Å²) in [7, 11) is 0.